The summed E-state index contributed by atoms with van der Waals surface area (Å²) >= 11 is 0. The van der Waals surface area contributed by atoms with Crippen molar-refractivity contribution in [3.63, 3.8) is 0 Å². The maximum atomic E-state index is 12.6. The number of nitrogens with zero attached hydrogens (tertiary/aromatic N) is 2. The molecule has 3 unspecified atom stereocenters. The fraction of sp³-hybridized carbons (Fsp3) is 0.944. The van der Waals surface area contributed by atoms with E-state index in [1.807, 2.05) is 0 Å². The Morgan fingerprint density at radius 3 is 3.00 bits per heavy atom. The smallest absolute Gasteiger partial charge is 0.224 e. The van der Waals surface area contributed by atoms with Gasteiger partial charge in [-0.05, 0) is 50.6 Å². The van der Waals surface area contributed by atoms with E-state index >= 15 is 0 Å². The maximum absolute atomic E-state index is 12.6. The van der Waals surface area contributed by atoms with Crippen LogP contribution in [0.5, 0.6) is 0 Å². The van der Waals surface area contributed by atoms with E-state index in [4.69, 9.17) is 5.73 Å². The lowest BCUT2D eigenvalue weighted by Gasteiger charge is -2.44. The lowest BCUT2D eigenvalue weighted by molar-refractivity contribution is -0.136. The first kappa shape index (κ1) is 18.1. The Balaban J connectivity index is 1.37. The zero-order valence-corrected chi connectivity index (χ0v) is 15.2. The van der Waals surface area contributed by atoms with Crippen LogP contribution in [0.25, 0.3) is 0 Å². The van der Waals surface area contributed by atoms with Crippen molar-refractivity contribution < 1.29 is 4.79 Å². The van der Waals surface area contributed by atoms with Gasteiger partial charge in [0, 0.05) is 51.4 Å². The molecule has 1 amide bonds. The zero-order valence-electron chi connectivity index (χ0n) is 15.2. The first-order valence-electron chi connectivity index (χ1n) is 9.77. The Morgan fingerprint density at radius 1 is 1.33 bits per heavy atom. The van der Waals surface area contributed by atoms with Crippen LogP contribution < -0.4 is 16.4 Å². The summed E-state index contributed by atoms with van der Waals surface area (Å²) in [7, 11) is 0. The second kappa shape index (κ2) is 8.13. The second-order valence-electron chi connectivity index (χ2n) is 8.22. The molecular weight excluding hydrogens is 302 g/mol. The Kier molecular flexibility index (Phi) is 6.13. The van der Waals surface area contributed by atoms with Crippen molar-refractivity contribution in [1.29, 1.82) is 0 Å². The summed E-state index contributed by atoms with van der Waals surface area (Å²) in [5.74, 6) is 0.328. The van der Waals surface area contributed by atoms with Gasteiger partial charge < -0.3 is 21.3 Å². The highest BCUT2D eigenvalue weighted by atomic mass is 16.2. The van der Waals surface area contributed by atoms with Gasteiger partial charge in [0.15, 0.2) is 0 Å². The first-order valence-corrected chi connectivity index (χ1v) is 9.77. The fourth-order valence-electron chi connectivity index (χ4n) is 4.56. The van der Waals surface area contributed by atoms with Crippen molar-refractivity contribution in [1.82, 2.24) is 20.4 Å². The van der Waals surface area contributed by atoms with Gasteiger partial charge in [-0.15, -0.1) is 0 Å². The minimum atomic E-state index is 0.272. The van der Waals surface area contributed by atoms with Gasteiger partial charge in [0.1, 0.15) is 0 Å². The minimum Gasteiger partial charge on any atom is -0.338 e. The number of piperidine rings is 2. The van der Waals surface area contributed by atoms with E-state index in [0.29, 0.717) is 24.4 Å². The number of rotatable bonds is 6. The molecule has 0 aromatic heterocycles. The van der Waals surface area contributed by atoms with Crippen LogP contribution in [0.2, 0.25) is 0 Å². The molecular formula is C18H35N5O. The predicted octanol–water partition coefficient (Wildman–Crippen LogP) is 0.337. The van der Waals surface area contributed by atoms with Crippen LogP contribution in [-0.4, -0.2) is 73.7 Å². The highest BCUT2D eigenvalue weighted by molar-refractivity contribution is 5.77. The monoisotopic (exact) mass is 337 g/mol. The van der Waals surface area contributed by atoms with Gasteiger partial charge in [-0.3, -0.25) is 9.69 Å². The van der Waals surface area contributed by atoms with Gasteiger partial charge in [-0.1, -0.05) is 6.92 Å². The molecule has 3 saturated heterocycles. The third-order valence-electron chi connectivity index (χ3n) is 6.16. The number of fused-ring (bicyclic) bond motifs is 1. The third kappa shape index (κ3) is 4.28. The number of likely N-dealkylation sites (tertiary alicyclic amines) is 2. The zero-order chi connectivity index (χ0) is 17.0. The molecule has 24 heavy (non-hydrogen) atoms. The summed E-state index contributed by atoms with van der Waals surface area (Å²) in [5, 5.41) is 7.05. The standard InChI is InChI=1S/C18H35N5O/c1-18(12-19)7-11-22(13-18)14-20-9-6-17(24)23-10-3-4-15-16(23)5-2-8-21-15/h15-16,20-21H,2-14,19H2,1H3. The van der Waals surface area contributed by atoms with E-state index in [0.717, 1.165) is 52.4 Å². The predicted molar refractivity (Wildman–Crippen MR) is 96.6 cm³/mol. The summed E-state index contributed by atoms with van der Waals surface area (Å²) in [5.41, 5.74) is 6.13. The molecule has 138 valence electrons. The molecule has 0 spiro atoms. The van der Waals surface area contributed by atoms with E-state index in [2.05, 4.69) is 27.4 Å². The molecule has 0 aromatic rings. The number of hydrogen-bond donors (Lipinski definition) is 3. The van der Waals surface area contributed by atoms with E-state index in [-0.39, 0.29) is 5.41 Å². The number of carbonyl (C=O) groups excluding carboxylic acids is 1. The molecule has 3 heterocycles. The number of nitrogens with one attached hydrogen (secondary N) is 2. The highest BCUT2D eigenvalue weighted by Gasteiger charge is 2.35. The lowest BCUT2D eigenvalue weighted by Crippen LogP contribution is -2.58. The van der Waals surface area contributed by atoms with Crippen molar-refractivity contribution >= 4 is 5.91 Å². The summed E-state index contributed by atoms with van der Waals surface area (Å²) in [6.45, 7) is 8.90. The largest absolute Gasteiger partial charge is 0.338 e. The van der Waals surface area contributed by atoms with Gasteiger partial charge >= 0.3 is 0 Å². The quantitative estimate of drug-likeness (QED) is 0.610. The van der Waals surface area contributed by atoms with Crippen LogP contribution >= 0.6 is 0 Å². The van der Waals surface area contributed by atoms with Crippen molar-refractivity contribution in [3.8, 4) is 0 Å². The van der Waals surface area contributed by atoms with Crippen molar-refractivity contribution in [2.24, 2.45) is 11.1 Å². The molecule has 3 aliphatic rings. The molecule has 3 rings (SSSR count). The molecule has 0 radical (unpaired) electrons. The van der Waals surface area contributed by atoms with Crippen molar-refractivity contribution in [3.05, 3.63) is 0 Å². The average Bonchev–Trinajstić information content (AvgIpc) is 3.00. The average molecular weight is 338 g/mol. The lowest BCUT2D eigenvalue weighted by atomic mass is 9.89. The summed E-state index contributed by atoms with van der Waals surface area (Å²) in [4.78, 5) is 17.2. The van der Waals surface area contributed by atoms with Gasteiger partial charge in [-0.25, -0.2) is 0 Å². The van der Waals surface area contributed by atoms with E-state index in [1.54, 1.807) is 0 Å². The Bertz CT molecular complexity index is 430. The molecule has 3 fully saturated rings. The van der Waals surface area contributed by atoms with Gasteiger partial charge in [0.2, 0.25) is 5.91 Å². The van der Waals surface area contributed by atoms with Crippen LogP contribution in [-0.2, 0) is 4.79 Å². The highest BCUT2D eigenvalue weighted by Crippen LogP contribution is 2.28. The minimum absolute atomic E-state index is 0.272. The molecule has 6 heteroatoms. The van der Waals surface area contributed by atoms with E-state index < -0.39 is 0 Å². The van der Waals surface area contributed by atoms with E-state index in [1.165, 1.54) is 25.7 Å². The Labute approximate surface area is 146 Å². The molecule has 6 nitrogen and oxygen atoms in total. The number of hydrogen-bond acceptors (Lipinski definition) is 5. The third-order valence-corrected chi connectivity index (χ3v) is 6.16. The molecule has 3 atom stereocenters. The first-order chi connectivity index (χ1) is 11.6. The summed E-state index contributed by atoms with van der Waals surface area (Å²) < 4.78 is 0. The van der Waals surface area contributed by atoms with Crippen LogP contribution in [0.3, 0.4) is 0 Å². The van der Waals surface area contributed by atoms with Crippen molar-refractivity contribution in [2.45, 2.75) is 57.5 Å². The number of amides is 1. The van der Waals surface area contributed by atoms with Crippen molar-refractivity contribution in [2.75, 3.05) is 45.9 Å². The molecule has 4 N–H and O–H groups in total. The summed E-state index contributed by atoms with van der Waals surface area (Å²) in [6.07, 6.45) is 6.51. The normalized spacial score (nSPS) is 34.3. The van der Waals surface area contributed by atoms with Crippen LogP contribution in [0.15, 0.2) is 0 Å². The molecule has 0 saturated carbocycles. The molecule has 0 aliphatic carbocycles. The van der Waals surface area contributed by atoms with E-state index in [9.17, 15) is 4.79 Å². The van der Waals surface area contributed by atoms with Crippen LogP contribution in [0.1, 0.15) is 45.4 Å². The second-order valence-corrected chi connectivity index (χ2v) is 8.22. The Morgan fingerprint density at radius 2 is 2.21 bits per heavy atom. The number of nitrogens with two attached hydrogens (primary N) is 1. The summed E-state index contributed by atoms with van der Waals surface area (Å²) in [6, 6.07) is 0.965. The topological polar surface area (TPSA) is 73.6 Å². The molecule has 0 aromatic carbocycles. The van der Waals surface area contributed by atoms with Crippen LogP contribution in [0.4, 0.5) is 0 Å². The Hall–Kier alpha value is -0.690. The van der Waals surface area contributed by atoms with Gasteiger partial charge in [0.25, 0.3) is 0 Å². The van der Waals surface area contributed by atoms with Crippen LogP contribution in [0, 0.1) is 5.41 Å². The maximum Gasteiger partial charge on any atom is 0.224 e. The van der Waals surface area contributed by atoms with Gasteiger partial charge in [-0.2, -0.15) is 0 Å². The fourth-order valence-corrected chi connectivity index (χ4v) is 4.56. The molecule has 3 aliphatic heterocycles. The molecule has 0 bridgehead atoms. The number of carbonyl (C=O) groups is 1. The van der Waals surface area contributed by atoms with Gasteiger partial charge in [0.05, 0.1) is 0 Å². The SMILES string of the molecule is CC1(CN)CCN(CNCCC(=O)N2CCCC3NCCCC32)C1.